The molecule has 3 fully saturated rings. The zero-order chi connectivity index (χ0) is 41.5. The Kier molecular flexibility index (Phi) is 11.7. The van der Waals surface area contributed by atoms with E-state index in [2.05, 4.69) is 20.3 Å². The summed E-state index contributed by atoms with van der Waals surface area (Å²) in [7, 11) is -2.71. The second kappa shape index (κ2) is 15.9. The first-order valence-corrected chi connectivity index (χ1v) is 21.1. The number of benzene rings is 1. The van der Waals surface area contributed by atoms with Crippen molar-refractivity contribution in [1.82, 2.24) is 25.2 Å². The van der Waals surface area contributed by atoms with Crippen LogP contribution in [0, 0.1) is 11.7 Å². The van der Waals surface area contributed by atoms with Gasteiger partial charge in [-0.2, -0.15) is 0 Å². The maximum atomic E-state index is 14.9. The molecule has 0 spiro atoms. The Morgan fingerprint density at radius 1 is 1.12 bits per heavy atom. The maximum Gasteiger partial charge on any atom is 0.408 e. The molecule has 2 saturated carbocycles. The molecule has 57 heavy (non-hydrogen) atoms. The first-order valence-electron chi connectivity index (χ1n) is 19.6. The molecule has 3 heterocycles. The van der Waals surface area contributed by atoms with Crippen LogP contribution in [0.1, 0.15) is 99.3 Å². The average Bonchev–Trinajstić information content (AvgIpc) is 3.99. The van der Waals surface area contributed by atoms with Crippen LogP contribution >= 0.6 is 0 Å². The van der Waals surface area contributed by atoms with Crippen LogP contribution in [0.2, 0.25) is 0 Å². The Morgan fingerprint density at radius 3 is 2.53 bits per heavy atom. The number of sulfonamides is 1. The average molecular weight is 816 g/mol. The smallest absolute Gasteiger partial charge is 0.408 e. The minimum Gasteiger partial charge on any atom is -0.491 e. The Labute approximate surface area is 332 Å². The fourth-order valence-electron chi connectivity index (χ4n) is 7.36. The fourth-order valence-corrected chi connectivity index (χ4v) is 8.67. The van der Waals surface area contributed by atoms with Crippen LogP contribution < -0.4 is 29.6 Å². The van der Waals surface area contributed by atoms with E-state index >= 15 is 0 Å². The predicted molar refractivity (Wildman–Crippen MR) is 208 cm³/mol. The number of aromatic nitrogens is 1. The highest BCUT2D eigenvalue weighted by atomic mass is 32.2. The van der Waals surface area contributed by atoms with E-state index < -0.39 is 79.6 Å². The van der Waals surface area contributed by atoms with E-state index in [1.165, 1.54) is 24.1 Å². The van der Waals surface area contributed by atoms with Gasteiger partial charge in [-0.15, -0.1) is 0 Å². The summed E-state index contributed by atoms with van der Waals surface area (Å²) in [6.45, 7) is 10.2. The van der Waals surface area contributed by atoms with Crippen LogP contribution in [-0.2, 0) is 29.1 Å². The molecular formula is C40H54FN5O10S. The molecule has 1 aromatic carbocycles. The van der Waals surface area contributed by atoms with Gasteiger partial charge in [-0.05, 0) is 92.2 Å². The normalized spacial score (nSPS) is 26.3. The number of methoxy groups -OCH3 is 1. The number of allylic oxidation sites excluding steroid dienone is 1. The third kappa shape index (κ3) is 9.23. The number of alkyl carbamates (subject to hydrolysis) is 1. The molecule has 2 aliphatic carbocycles. The van der Waals surface area contributed by atoms with Crippen LogP contribution in [0.15, 0.2) is 30.4 Å². The molecule has 4 amide bonds. The molecule has 0 radical (unpaired) electrons. The van der Waals surface area contributed by atoms with E-state index in [9.17, 15) is 32.0 Å². The number of carbonyl (C=O) groups is 4. The van der Waals surface area contributed by atoms with Crippen LogP contribution in [0.25, 0.3) is 10.9 Å². The standard InChI is InChI=1S/C40H54FN5O10S/c1-23(2)54-31-20-30(26-15-16-27(41)33(53-7)32(26)43-31)55-25-19-29-34(47)44-40(36(49)45-57(51,52)39(6)17-18-39)21-24(40)13-11-9-8-10-12-14-28(35(48)46(29)22-25)42-37(50)56-38(3,4)5/h11,13,15-16,20,23-25,28-29H,8-10,12,14,17-19,21-22H2,1-7H3,(H,42,50)(H,44,47)(H,45,49). The van der Waals surface area contributed by atoms with Crippen molar-refractivity contribution in [2.24, 2.45) is 5.92 Å². The lowest BCUT2D eigenvalue weighted by atomic mass is 10.0. The van der Waals surface area contributed by atoms with Gasteiger partial charge >= 0.3 is 6.09 Å². The fraction of sp³-hybridized carbons (Fsp3) is 0.625. The van der Waals surface area contributed by atoms with Gasteiger partial charge in [0.2, 0.25) is 27.7 Å². The maximum absolute atomic E-state index is 14.9. The number of pyridine rings is 1. The molecule has 1 aromatic heterocycles. The molecule has 6 rings (SSSR count). The summed E-state index contributed by atoms with van der Waals surface area (Å²) >= 11 is 0. The Morgan fingerprint density at radius 2 is 1.86 bits per heavy atom. The van der Waals surface area contributed by atoms with E-state index in [4.69, 9.17) is 18.9 Å². The molecule has 5 atom stereocenters. The third-order valence-corrected chi connectivity index (χ3v) is 13.0. The summed E-state index contributed by atoms with van der Waals surface area (Å²) in [4.78, 5) is 61.8. The van der Waals surface area contributed by atoms with E-state index in [0.717, 1.165) is 12.8 Å². The van der Waals surface area contributed by atoms with Crippen molar-refractivity contribution in [1.29, 1.82) is 0 Å². The number of fused-ring (bicyclic) bond motifs is 3. The van der Waals surface area contributed by atoms with Gasteiger partial charge in [0.15, 0.2) is 11.6 Å². The number of carbonyl (C=O) groups excluding carboxylic acids is 4. The zero-order valence-corrected chi connectivity index (χ0v) is 34.4. The quantitative estimate of drug-likeness (QED) is 0.295. The van der Waals surface area contributed by atoms with Gasteiger partial charge in [0, 0.05) is 23.8 Å². The summed E-state index contributed by atoms with van der Waals surface area (Å²) < 4.78 is 65.6. The lowest BCUT2D eigenvalue weighted by Gasteiger charge is -2.30. The molecule has 3 N–H and O–H groups in total. The molecule has 312 valence electrons. The minimum absolute atomic E-state index is 0.0478. The van der Waals surface area contributed by atoms with Crippen LogP contribution in [-0.4, -0.2) is 95.9 Å². The van der Waals surface area contributed by atoms with Crippen LogP contribution in [0.3, 0.4) is 0 Å². The Bertz CT molecular complexity index is 2050. The SMILES string of the molecule is COc1c(F)ccc2c(OC3CC4C(=O)NC5(C(=O)NS(=O)(=O)C6(C)CC6)CC5C=CCCCCCC(NC(=O)OC(C)(C)C)C(=O)N4C3)cc(OC(C)C)nc12. The van der Waals surface area contributed by atoms with Gasteiger partial charge in [-0.3, -0.25) is 19.1 Å². The van der Waals surface area contributed by atoms with E-state index in [1.54, 1.807) is 47.6 Å². The molecule has 1 saturated heterocycles. The predicted octanol–water partition coefficient (Wildman–Crippen LogP) is 4.81. The molecule has 2 aliphatic heterocycles. The van der Waals surface area contributed by atoms with Gasteiger partial charge in [-0.1, -0.05) is 25.0 Å². The molecule has 17 heteroatoms. The number of halogens is 1. The van der Waals surface area contributed by atoms with Gasteiger partial charge in [0.25, 0.3) is 5.91 Å². The molecule has 15 nitrogen and oxygen atoms in total. The third-order valence-electron chi connectivity index (χ3n) is 10.8. The monoisotopic (exact) mass is 815 g/mol. The summed E-state index contributed by atoms with van der Waals surface area (Å²) in [6.07, 6.45) is 5.78. The van der Waals surface area contributed by atoms with E-state index in [0.29, 0.717) is 31.1 Å². The summed E-state index contributed by atoms with van der Waals surface area (Å²) in [5.41, 5.74) is -2.27. The van der Waals surface area contributed by atoms with Gasteiger partial charge < -0.3 is 34.5 Å². The lowest BCUT2D eigenvalue weighted by Crippen LogP contribution is -2.58. The highest BCUT2D eigenvalue weighted by molar-refractivity contribution is 7.91. The number of amides is 4. The largest absolute Gasteiger partial charge is 0.491 e. The second-order valence-corrected chi connectivity index (χ2v) is 19.2. The Hall–Kier alpha value is -4.67. The number of hydrogen-bond acceptors (Lipinski definition) is 11. The summed E-state index contributed by atoms with van der Waals surface area (Å²) in [6, 6.07) is 1.99. The summed E-state index contributed by atoms with van der Waals surface area (Å²) in [5.74, 6) is -2.95. The molecule has 5 unspecified atom stereocenters. The topological polar surface area (TPSA) is 192 Å². The molecule has 0 bridgehead atoms. The first-order chi connectivity index (χ1) is 26.8. The number of ether oxygens (including phenoxy) is 4. The van der Waals surface area contributed by atoms with Crippen molar-refractivity contribution < 1.29 is 50.9 Å². The van der Waals surface area contributed by atoms with Crippen molar-refractivity contribution in [2.45, 2.75) is 140 Å². The zero-order valence-electron chi connectivity index (χ0n) is 33.6. The second-order valence-electron chi connectivity index (χ2n) is 17.0. The number of nitrogens with zero attached hydrogens (tertiary/aromatic N) is 2. The summed E-state index contributed by atoms with van der Waals surface area (Å²) in [5, 5.41) is 5.97. The van der Waals surface area contributed by atoms with Crippen molar-refractivity contribution in [3.05, 3.63) is 36.2 Å². The van der Waals surface area contributed by atoms with Crippen LogP contribution in [0.4, 0.5) is 9.18 Å². The minimum atomic E-state index is -4.03. The van der Waals surface area contributed by atoms with Crippen molar-refractivity contribution >= 4 is 44.7 Å². The van der Waals surface area contributed by atoms with E-state index in [1.807, 2.05) is 12.2 Å². The molecular weight excluding hydrogens is 762 g/mol. The van der Waals surface area contributed by atoms with Gasteiger partial charge in [0.05, 0.1) is 24.5 Å². The van der Waals surface area contributed by atoms with E-state index in [-0.39, 0.29) is 54.8 Å². The molecule has 2 aromatic rings. The number of hydrogen-bond donors (Lipinski definition) is 3. The highest BCUT2D eigenvalue weighted by Gasteiger charge is 2.63. The molecule has 4 aliphatic rings. The Balaban J connectivity index is 1.36. The van der Waals surface area contributed by atoms with Gasteiger partial charge in [0.1, 0.15) is 40.6 Å². The highest BCUT2D eigenvalue weighted by Crippen LogP contribution is 2.48. The van der Waals surface area contributed by atoms with Crippen LogP contribution in [0.5, 0.6) is 17.4 Å². The van der Waals surface area contributed by atoms with Crippen molar-refractivity contribution in [2.75, 3.05) is 13.7 Å². The number of rotatable bonds is 9. The lowest BCUT2D eigenvalue weighted by molar-refractivity contribution is -0.141. The van der Waals surface area contributed by atoms with Crippen molar-refractivity contribution in [3.63, 3.8) is 0 Å². The number of nitrogens with one attached hydrogen (secondary N) is 3. The first kappa shape index (κ1) is 41.9. The van der Waals surface area contributed by atoms with Crippen molar-refractivity contribution in [3.8, 4) is 17.4 Å². The van der Waals surface area contributed by atoms with Gasteiger partial charge in [-0.25, -0.2) is 22.6 Å².